The van der Waals surface area contributed by atoms with Crippen LogP contribution in [-0.2, 0) is 4.74 Å². The highest BCUT2D eigenvalue weighted by Gasteiger charge is 2.02. The quantitative estimate of drug-likeness (QED) is 0.454. The van der Waals surface area contributed by atoms with Gasteiger partial charge in [-0.25, -0.2) is 5.01 Å². The Kier molecular flexibility index (Phi) is 2.83. The first-order valence-electron chi connectivity index (χ1n) is 3.32. The first-order chi connectivity index (χ1) is 4.93. The standard InChI is InChI=1S/C7H12N2O/c1-2-10-7-6-9-5-3-4-8-9/h2-4,8H,1,5-7H2. The van der Waals surface area contributed by atoms with Crippen molar-refractivity contribution in [1.29, 1.82) is 0 Å². The second kappa shape index (κ2) is 3.95. The number of nitrogens with one attached hydrogen (secondary N) is 1. The first kappa shape index (κ1) is 7.15. The molecule has 0 radical (unpaired) electrons. The van der Waals surface area contributed by atoms with E-state index in [0.29, 0.717) is 6.61 Å². The number of hydrazine groups is 1. The molecule has 0 unspecified atom stereocenters. The Balaban J connectivity index is 1.98. The molecule has 0 aliphatic carbocycles. The van der Waals surface area contributed by atoms with E-state index in [2.05, 4.69) is 23.1 Å². The van der Waals surface area contributed by atoms with Gasteiger partial charge in [-0.2, -0.15) is 0 Å². The number of nitrogens with zero attached hydrogens (tertiary/aromatic N) is 1. The monoisotopic (exact) mass is 140 g/mol. The molecule has 0 saturated carbocycles. The summed E-state index contributed by atoms with van der Waals surface area (Å²) in [6.07, 6.45) is 5.45. The second-order valence-corrected chi connectivity index (χ2v) is 2.01. The maximum atomic E-state index is 4.95. The van der Waals surface area contributed by atoms with Crippen molar-refractivity contribution in [3.05, 3.63) is 25.1 Å². The molecule has 0 bridgehead atoms. The van der Waals surface area contributed by atoms with Crippen molar-refractivity contribution in [2.24, 2.45) is 0 Å². The van der Waals surface area contributed by atoms with Crippen molar-refractivity contribution in [3.63, 3.8) is 0 Å². The highest BCUT2D eigenvalue weighted by molar-refractivity contribution is 4.88. The van der Waals surface area contributed by atoms with Gasteiger partial charge >= 0.3 is 0 Å². The van der Waals surface area contributed by atoms with Crippen LogP contribution in [0.5, 0.6) is 0 Å². The van der Waals surface area contributed by atoms with Gasteiger partial charge in [-0.15, -0.1) is 0 Å². The normalized spacial score (nSPS) is 16.8. The van der Waals surface area contributed by atoms with Gasteiger partial charge in [0.2, 0.25) is 0 Å². The van der Waals surface area contributed by atoms with Gasteiger partial charge in [0.15, 0.2) is 0 Å². The topological polar surface area (TPSA) is 24.5 Å². The zero-order chi connectivity index (χ0) is 7.23. The maximum absolute atomic E-state index is 4.95. The molecule has 10 heavy (non-hydrogen) atoms. The van der Waals surface area contributed by atoms with E-state index < -0.39 is 0 Å². The largest absolute Gasteiger partial charge is 0.500 e. The fraction of sp³-hybridized carbons (Fsp3) is 0.429. The summed E-state index contributed by atoms with van der Waals surface area (Å²) in [5.41, 5.74) is 3.05. The van der Waals surface area contributed by atoms with Crippen LogP contribution in [-0.4, -0.2) is 24.7 Å². The Hall–Kier alpha value is -0.960. The van der Waals surface area contributed by atoms with Crippen LogP contribution in [0.4, 0.5) is 0 Å². The third kappa shape index (κ3) is 2.11. The van der Waals surface area contributed by atoms with Gasteiger partial charge in [0.05, 0.1) is 12.8 Å². The number of hydrogen-bond acceptors (Lipinski definition) is 3. The Labute approximate surface area is 60.9 Å². The van der Waals surface area contributed by atoms with E-state index in [0.717, 1.165) is 13.1 Å². The summed E-state index contributed by atoms with van der Waals surface area (Å²) in [4.78, 5) is 0. The van der Waals surface area contributed by atoms with Crippen LogP contribution in [0.2, 0.25) is 0 Å². The summed E-state index contributed by atoms with van der Waals surface area (Å²) in [5.74, 6) is 0. The molecule has 0 amide bonds. The SMILES string of the molecule is C=COCCN1CC=CN1. The van der Waals surface area contributed by atoms with Crippen LogP contribution < -0.4 is 5.43 Å². The minimum atomic E-state index is 0.693. The van der Waals surface area contributed by atoms with E-state index in [1.807, 2.05) is 6.20 Å². The molecule has 56 valence electrons. The summed E-state index contributed by atoms with van der Waals surface area (Å²) in [6.45, 7) is 5.99. The van der Waals surface area contributed by atoms with Gasteiger partial charge in [0.25, 0.3) is 0 Å². The number of rotatable bonds is 4. The molecule has 3 heteroatoms. The van der Waals surface area contributed by atoms with E-state index in [1.54, 1.807) is 0 Å². The fourth-order valence-corrected chi connectivity index (χ4v) is 0.793. The summed E-state index contributed by atoms with van der Waals surface area (Å²) >= 11 is 0. The molecule has 0 fully saturated rings. The van der Waals surface area contributed by atoms with Crippen LogP contribution in [0.15, 0.2) is 25.1 Å². The molecular weight excluding hydrogens is 128 g/mol. The van der Waals surface area contributed by atoms with E-state index in [1.165, 1.54) is 6.26 Å². The maximum Gasteiger partial charge on any atom is 0.102 e. The fourth-order valence-electron chi connectivity index (χ4n) is 0.793. The van der Waals surface area contributed by atoms with Crippen LogP contribution in [0.3, 0.4) is 0 Å². The van der Waals surface area contributed by atoms with Crippen LogP contribution in [0, 0.1) is 0 Å². The summed E-state index contributed by atoms with van der Waals surface area (Å²) in [6, 6.07) is 0. The van der Waals surface area contributed by atoms with Gasteiger partial charge in [-0.3, -0.25) is 0 Å². The molecular formula is C7H12N2O. The van der Waals surface area contributed by atoms with Crippen molar-refractivity contribution in [1.82, 2.24) is 10.4 Å². The molecule has 0 atom stereocenters. The zero-order valence-corrected chi connectivity index (χ0v) is 5.92. The molecule has 0 aromatic carbocycles. The van der Waals surface area contributed by atoms with Gasteiger partial charge in [0, 0.05) is 12.7 Å². The predicted molar refractivity (Wildman–Crippen MR) is 40.0 cm³/mol. The van der Waals surface area contributed by atoms with Gasteiger partial charge in [0.1, 0.15) is 6.61 Å². The van der Waals surface area contributed by atoms with Gasteiger partial charge in [-0.05, 0) is 0 Å². The van der Waals surface area contributed by atoms with Crippen LogP contribution >= 0.6 is 0 Å². The Morgan fingerprint density at radius 1 is 1.80 bits per heavy atom. The Morgan fingerprint density at radius 2 is 2.70 bits per heavy atom. The highest BCUT2D eigenvalue weighted by atomic mass is 16.5. The molecule has 1 rings (SSSR count). The molecule has 1 heterocycles. The lowest BCUT2D eigenvalue weighted by atomic mass is 10.6. The highest BCUT2D eigenvalue weighted by Crippen LogP contribution is 1.90. The lowest BCUT2D eigenvalue weighted by molar-refractivity contribution is 0.171. The van der Waals surface area contributed by atoms with Gasteiger partial charge < -0.3 is 10.2 Å². The lowest BCUT2D eigenvalue weighted by Crippen LogP contribution is -2.32. The molecule has 1 aliphatic rings. The van der Waals surface area contributed by atoms with Crippen LogP contribution in [0.25, 0.3) is 0 Å². The van der Waals surface area contributed by atoms with Crippen molar-refractivity contribution in [3.8, 4) is 0 Å². The molecule has 1 aliphatic heterocycles. The average Bonchev–Trinajstić information content (AvgIpc) is 2.41. The third-order valence-corrected chi connectivity index (χ3v) is 1.30. The Morgan fingerprint density at radius 3 is 3.30 bits per heavy atom. The van der Waals surface area contributed by atoms with Crippen LogP contribution in [0.1, 0.15) is 0 Å². The smallest absolute Gasteiger partial charge is 0.102 e. The predicted octanol–water partition coefficient (Wildman–Crippen LogP) is 0.480. The minimum absolute atomic E-state index is 0.693. The van der Waals surface area contributed by atoms with E-state index in [4.69, 9.17) is 4.74 Å². The second-order valence-electron chi connectivity index (χ2n) is 2.01. The van der Waals surface area contributed by atoms with E-state index >= 15 is 0 Å². The molecule has 3 nitrogen and oxygen atoms in total. The minimum Gasteiger partial charge on any atom is -0.500 e. The number of ether oxygens (including phenoxy) is 1. The third-order valence-electron chi connectivity index (χ3n) is 1.30. The lowest BCUT2D eigenvalue weighted by Gasteiger charge is -2.14. The molecule has 0 saturated heterocycles. The Bertz CT molecular complexity index is 126. The van der Waals surface area contributed by atoms with Gasteiger partial charge in [-0.1, -0.05) is 12.7 Å². The molecule has 1 N–H and O–H groups in total. The summed E-state index contributed by atoms with van der Waals surface area (Å²) in [7, 11) is 0. The number of hydrogen-bond donors (Lipinski definition) is 1. The first-order valence-corrected chi connectivity index (χ1v) is 3.32. The van der Waals surface area contributed by atoms with Crippen molar-refractivity contribution < 1.29 is 4.74 Å². The molecule has 0 aromatic heterocycles. The molecule has 0 spiro atoms. The zero-order valence-electron chi connectivity index (χ0n) is 5.92. The van der Waals surface area contributed by atoms with Crippen molar-refractivity contribution >= 4 is 0 Å². The van der Waals surface area contributed by atoms with Crippen molar-refractivity contribution in [2.75, 3.05) is 19.7 Å². The van der Waals surface area contributed by atoms with E-state index in [9.17, 15) is 0 Å². The summed E-state index contributed by atoms with van der Waals surface area (Å²) < 4.78 is 4.95. The van der Waals surface area contributed by atoms with E-state index in [-0.39, 0.29) is 0 Å². The molecule has 0 aromatic rings. The average molecular weight is 140 g/mol. The van der Waals surface area contributed by atoms with Crippen molar-refractivity contribution in [2.45, 2.75) is 0 Å². The summed E-state index contributed by atoms with van der Waals surface area (Å²) in [5, 5.41) is 2.06.